The molecule has 0 spiro atoms. The second-order valence-electron chi connectivity index (χ2n) is 3.53. The van der Waals surface area contributed by atoms with E-state index in [9.17, 15) is 9.18 Å². The van der Waals surface area contributed by atoms with E-state index in [4.69, 9.17) is 11.6 Å². The Morgan fingerprint density at radius 2 is 2.19 bits per heavy atom. The quantitative estimate of drug-likeness (QED) is 0.746. The van der Waals surface area contributed by atoms with E-state index in [-0.39, 0.29) is 16.6 Å². The molecule has 6 heteroatoms. The number of pyridine rings is 1. The average molecular weight is 244 g/mol. The van der Waals surface area contributed by atoms with E-state index in [0.29, 0.717) is 13.1 Å². The van der Waals surface area contributed by atoms with Crippen LogP contribution in [0, 0.1) is 5.82 Å². The van der Waals surface area contributed by atoms with Gasteiger partial charge >= 0.3 is 0 Å². The van der Waals surface area contributed by atoms with Gasteiger partial charge in [-0.15, -0.1) is 0 Å². The Hall–Kier alpha value is -1.20. The van der Waals surface area contributed by atoms with E-state index in [1.54, 1.807) is 4.90 Å². The van der Waals surface area contributed by atoms with Crippen LogP contribution in [-0.4, -0.2) is 42.0 Å². The van der Waals surface area contributed by atoms with Gasteiger partial charge in [-0.1, -0.05) is 11.6 Å². The molecule has 4 nitrogen and oxygen atoms in total. The van der Waals surface area contributed by atoms with Gasteiger partial charge in [-0.3, -0.25) is 4.79 Å². The van der Waals surface area contributed by atoms with Crippen LogP contribution < -0.4 is 5.32 Å². The van der Waals surface area contributed by atoms with Crippen molar-refractivity contribution in [1.82, 2.24) is 15.2 Å². The molecule has 0 unspecified atom stereocenters. The first-order valence-corrected chi connectivity index (χ1v) is 5.37. The maximum absolute atomic E-state index is 13.0. The first-order chi connectivity index (χ1) is 7.68. The Morgan fingerprint density at radius 3 is 2.88 bits per heavy atom. The Labute approximate surface area is 97.4 Å². The van der Waals surface area contributed by atoms with Crippen LogP contribution in [-0.2, 0) is 0 Å². The van der Waals surface area contributed by atoms with Crippen LogP contribution in [0.5, 0.6) is 0 Å². The van der Waals surface area contributed by atoms with Crippen molar-refractivity contribution in [3.63, 3.8) is 0 Å². The van der Waals surface area contributed by atoms with Crippen LogP contribution in [0.2, 0.25) is 5.15 Å². The average Bonchev–Trinajstić information content (AvgIpc) is 2.32. The monoisotopic (exact) mass is 243 g/mol. The van der Waals surface area contributed by atoms with Crippen LogP contribution >= 0.6 is 11.6 Å². The summed E-state index contributed by atoms with van der Waals surface area (Å²) in [6.45, 7) is 2.69. The highest BCUT2D eigenvalue weighted by atomic mass is 35.5. The number of amides is 1. The third-order valence-electron chi connectivity index (χ3n) is 2.44. The van der Waals surface area contributed by atoms with Crippen LogP contribution in [0.3, 0.4) is 0 Å². The van der Waals surface area contributed by atoms with E-state index < -0.39 is 5.82 Å². The van der Waals surface area contributed by atoms with Crippen molar-refractivity contribution >= 4 is 17.5 Å². The molecule has 0 radical (unpaired) electrons. The summed E-state index contributed by atoms with van der Waals surface area (Å²) in [6, 6.07) is 1.12. The highest BCUT2D eigenvalue weighted by Crippen LogP contribution is 2.16. The van der Waals surface area contributed by atoms with Gasteiger partial charge in [0.15, 0.2) is 0 Å². The smallest absolute Gasteiger partial charge is 0.257 e. The Morgan fingerprint density at radius 1 is 1.50 bits per heavy atom. The van der Waals surface area contributed by atoms with Gasteiger partial charge in [0, 0.05) is 26.2 Å². The van der Waals surface area contributed by atoms with Gasteiger partial charge in [0.05, 0.1) is 11.8 Å². The molecule has 86 valence electrons. The number of nitrogens with zero attached hydrogens (tertiary/aromatic N) is 2. The van der Waals surface area contributed by atoms with Crippen LogP contribution in [0.25, 0.3) is 0 Å². The number of hydrogen-bond acceptors (Lipinski definition) is 3. The maximum Gasteiger partial charge on any atom is 0.257 e. The molecule has 0 saturated carbocycles. The van der Waals surface area contributed by atoms with Crippen molar-refractivity contribution in [1.29, 1.82) is 0 Å². The molecule has 1 amide bonds. The minimum absolute atomic E-state index is 0.0462. The van der Waals surface area contributed by atoms with Crippen molar-refractivity contribution in [2.75, 3.05) is 26.2 Å². The fraction of sp³-hybridized carbons (Fsp3) is 0.400. The van der Waals surface area contributed by atoms with Crippen LogP contribution in [0.4, 0.5) is 4.39 Å². The van der Waals surface area contributed by atoms with Crippen molar-refractivity contribution in [3.8, 4) is 0 Å². The predicted octanol–water partition coefficient (Wildman–Crippen LogP) is 0.919. The molecule has 2 rings (SSSR count). The summed E-state index contributed by atoms with van der Waals surface area (Å²) < 4.78 is 13.0. The van der Waals surface area contributed by atoms with Gasteiger partial charge in [-0.05, 0) is 6.07 Å². The Kier molecular flexibility index (Phi) is 3.36. The molecular formula is C10H11ClFN3O. The summed E-state index contributed by atoms with van der Waals surface area (Å²) in [4.78, 5) is 17.2. The van der Waals surface area contributed by atoms with Gasteiger partial charge in [-0.25, -0.2) is 9.37 Å². The van der Waals surface area contributed by atoms with Crippen molar-refractivity contribution in [2.24, 2.45) is 0 Å². The number of carbonyl (C=O) groups excluding carboxylic acids is 1. The van der Waals surface area contributed by atoms with Gasteiger partial charge < -0.3 is 10.2 Å². The van der Waals surface area contributed by atoms with E-state index >= 15 is 0 Å². The largest absolute Gasteiger partial charge is 0.336 e. The molecule has 0 atom stereocenters. The highest BCUT2D eigenvalue weighted by Gasteiger charge is 2.21. The zero-order chi connectivity index (χ0) is 11.5. The fourth-order valence-corrected chi connectivity index (χ4v) is 1.80. The number of aromatic nitrogens is 1. The molecule has 1 aliphatic rings. The zero-order valence-electron chi connectivity index (χ0n) is 8.54. The predicted molar refractivity (Wildman–Crippen MR) is 58.0 cm³/mol. The molecule has 1 aliphatic heterocycles. The van der Waals surface area contributed by atoms with Gasteiger partial charge in [-0.2, -0.15) is 0 Å². The fourth-order valence-electron chi connectivity index (χ4n) is 1.61. The number of nitrogens with one attached hydrogen (secondary N) is 1. The first kappa shape index (κ1) is 11.3. The second-order valence-corrected chi connectivity index (χ2v) is 3.89. The highest BCUT2D eigenvalue weighted by molar-refractivity contribution is 6.32. The first-order valence-electron chi connectivity index (χ1n) is 4.99. The minimum atomic E-state index is -0.553. The molecule has 0 aromatic carbocycles. The molecule has 1 saturated heterocycles. The molecule has 0 aliphatic carbocycles. The Balaban J connectivity index is 2.22. The zero-order valence-corrected chi connectivity index (χ0v) is 9.30. The number of rotatable bonds is 1. The Bertz CT molecular complexity index is 407. The molecule has 0 bridgehead atoms. The molecule has 1 N–H and O–H groups in total. The van der Waals surface area contributed by atoms with Crippen LogP contribution in [0.15, 0.2) is 12.3 Å². The third kappa shape index (κ3) is 2.31. The van der Waals surface area contributed by atoms with E-state index in [1.165, 1.54) is 0 Å². The van der Waals surface area contributed by atoms with Gasteiger partial charge in [0.1, 0.15) is 11.0 Å². The number of halogens is 2. The normalized spacial score (nSPS) is 16.2. The van der Waals surface area contributed by atoms with E-state index in [0.717, 1.165) is 25.4 Å². The lowest BCUT2D eigenvalue weighted by atomic mass is 10.2. The molecule has 1 aromatic rings. The van der Waals surface area contributed by atoms with Crippen molar-refractivity contribution in [2.45, 2.75) is 0 Å². The lowest BCUT2D eigenvalue weighted by Gasteiger charge is -2.27. The lowest BCUT2D eigenvalue weighted by molar-refractivity contribution is 0.0735. The molecule has 1 aromatic heterocycles. The van der Waals surface area contributed by atoms with Gasteiger partial charge in [0.25, 0.3) is 5.91 Å². The minimum Gasteiger partial charge on any atom is -0.336 e. The SMILES string of the molecule is O=C(c1cc(F)cnc1Cl)N1CCNCC1. The molecular weight excluding hydrogens is 233 g/mol. The van der Waals surface area contributed by atoms with Gasteiger partial charge in [0.2, 0.25) is 0 Å². The summed E-state index contributed by atoms with van der Waals surface area (Å²) in [5.41, 5.74) is 0.128. The third-order valence-corrected chi connectivity index (χ3v) is 2.74. The number of carbonyl (C=O) groups is 1. The molecule has 2 heterocycles. The second kappa shape index (κ2) is 4.76. The molecule has 1 fully saturated rings. The van der Waals surface area contributed by atoms with E-state index in [1.807, 2.05) is 0 Å². The van der Waals surface area contributed by atoms with Crippen molar-refractivity contribution in [3.05, 3.63) is 28.8 Å². The summed E-state index contributed by atoms with van der Waals surface area (Å²) >= 11 is 5.77. The van der Waals surface area contributed by atoms with Crippen LogP contribution in [0.1, 0.15) is 10.4 Å². The summed E-state index contributed by atoms with van der Waals surface area (Å²) in [5.74, 6) is -0.818. The summed E-state index contributed by atoms with van der Waals surface area (Å²) in [7, 11) is 0. The standard InChI is InChI=1S/C10H11ClFN3O/c11-9-8(5-7(12)6-14-9)10(16)15-3-1-13-2-4-15/h5-6,13H,1-4H2. The van der Waals surface area contributed by atoms with Crippen molar-refractivity contribution < 1.29 is 9.18 Å². The number of hydrogen-bond donors (Lipinski definition) is 1. The molecule has 16 heavy (non-hydrogen) atoms. The summed E-state index contributed by atoms with van der Waals surface area (Å²) in [6.07, 6.45) is 0.997. The lowest BCUT2D eigenvalue weighted by Crippen LogP contribution is -2.46. The summed E-state index contributed by atoms with van der Waals surface area (Å²) in [5, 5.41) is 3.18. The number of piperazine rings is 1. The van der Waals surface area contributed by atoms with E-state index in [2.05, 4.69) is 10.3 Å². The maximum atomic E-state index is 13.0. The topological polar surface area (TPSA) is 45.2 Å².